The highest BCUT2D eigenvalue weighted by Crippen LogP contribution is 2.36. The molecule has 0 spiro atoms. The first kappa shape index (κ1) is 24.8. The lowest BCUT2D eigenvalue weighted by Crippen LogP contribution is -2.25. The minimum absolute atomic E-state index is 0.0574. The van der Waals surface area contributed by atoms with Crippen molar-refractivity contribution in [1.82, 2.24) is 5.32 Å². The minimum Gasteiger partial charge on any atom is -0.487 e. The van der Waals surface area contributed by atoms with Crippen LogP contribution in [0.15, 0.2) is 81.2 Å². The number of amides is 1. The van der Waals surface area contributed by atoms with Gasteiger partial charge in [-0.1, -0.05) is 60.2 Å². The number of aryl methyl sites for hydroxylation is 2. The predicted molar refractivity (Wildman–Crippen MR) is 139 cm³/mol. The molecule has 3 rings (SSSR count). The molecule has 0 aliphatic rings. The topological polar surface area (TPSA) is 62.1 Å². The molecule has 1 amide bonds. The van der Waals surface area contributed by atoms with E-state index in [4.69, 9.17) is 4.74 Å². The van der Waals surface area contributed by atoms with Gasteiger partial charge >= 0.3 is 0 Å². The van der Waals surface area contributed by atoms with Crippen LogP contribution < -0.4 is 10.1 Å². The number of carbonyl (C=O) groups excluding carboxylic acids is 1. The number of benzene rings is 3. The number of carbonyl (C=O) groups is 1. The first-order chi connectivity index (χ1) is 16.0. The third kappa shape index (κ3) is 7.59. The molecule has 6 heteroatoms. The number of hydrogen-bond acceptors (Lipinski definition) is 3. The Kier molecular flexibility index (Phi) is 9.29. The molecule has 3 aromatic rings. The fraction of sp³-hybridized carbons (Fsp3) is 0.185. The number of rotatable bonds is 9. The van der Waals surface area contributed by atoms with Gasteiger partial charge in [-0.25, -0.2) is 0 Å². The molecule has 0 heterocycles. The van der Waals surface area contributed by atoms with E-state index in [9.17, 15) is 10.1 Å². The first-order valence-electron chi connectivity index (χ1n) is 10.6. The second-order valence-electron chi connectivity index (χ2n) is 7.61. The van der Waals surface area contributed by atoms with Gasteiger partial charge in [0.1, 0.15) is 24.0 Å². The van der Waals surface area contributed by atoms with Crippen LogP contribution in [-0.4, -0.2) is 12.5 Å². The molecule has 0 unspecified atom stereocenters. The van der Waals surface area contributed by atoms with E-state index in [2.05, 4.69) is 55.4 Å². The van der Waals surface area contributed by atoms with E-state index in [0.29, 0.717) is 24.5 Å². The molecule has 0 aliphatic heterocycles. The summed E-state index contributed by atoms with van der Waals surface area (Å²) in [7, 11) is 0. The van der Waals surface area contributed by atoms with E-state index in [0.717, 1.165) is 27.4 Å². The molecule has 0 saturated heterocycles. The Bertz CT molecular complexity index is 1160. The van der Waals surface area contributed by atoms with Gasteiger partial charge in [0.25, 0.3) is 5.91 Å². The van der Waals surface area contributed by atoms with Crippen LogP contribution in [0.3, 0.4) is 0 Å². The Balaban J connectivity index is 1.61. The molecule has 0 radical (unpaired) electrons. The maximum atomic E-state index is 12.5. The molecule has 0 bridgehead atoms. The van der Waals surface area contributed by atoms with E-state index in [1.165, 1.54) is 11.1 Å². The highest BCUT2D eigenvalue weighted by Gasteiger charge is 2.12. The lowest BCUT2D eigenvalue weighted by molar-refractivity contribution is -0.117. The van der Waals surface area contributed by atoms with Crippen LogP contribution in [-0.2, 0) is 17.8 Å². The average molecular weight is 568 g/mol. The highest BCUT2D eigenvalue weighted by atomic mass is 79.9. The van der Waals surface area contributed by atoms with Crippen LogP contribution in [0.2, 0.25) is 0 Å². The first-order valence-corrected chi connectivity index (χ1v) is 12.2. The Morgan fingerprint density at radius 3 is 2.39 bits per heavy atom. The van der Waals surface area contributed by atoms with Crippen LogP contribution in [0, 0.1) is 18.3 Å². The lowest BCUT2D eigenvalue weighted by atomic mass is 10.1. The number of halogens is 2. The third-order valence-electron chi connectivity index (χ3n) is 4.93. The van der Waals surface area contributed by atoms with Crippen LogP contribution in [0.1, 0.15) is 28.7 Å². The van der Waals surface area contributed by atoms with Gasteiger partial charge in [-0.3, -0.25) is 4.79 Å². The number of hydrogen-bond donors (Lipinski definition) is 1. The van der Waals surface area contributed by atoms with Gasteiger partial charge in [-0.05, 0) is 86.5 Å². The van der Waals surface area contributed by atoms with Gasteiger partial charge in [0.15, 0.2) is 0 Å². The maximum absolute atomic E-state index is 12.5. The molecule has 168 valence electrons. The van der Waals surface area contributed by atoms with E-state index in [1.54, 1.807) is 6.08 Å². The van der Waals surface area contributed by atoms with Crippen LogP contribution in [0.5, 0.6) is 5.75 Å². The van der Waals surface area contributed by atoms with Gasteiger partial charge in [0.05, 0.1) is 8.95 Å². The third-order valence-corrected chi connectivity index (χ3v) is 6.11. The van der Waals surface area contributed by atoms with Crippen molar-refractivity contribution in [3.8, 4) is 11.8 Å². The molecule has 0 fully saturated rings. The SMILES string of the molecule is Cc1cccc(COc2c(Br)cc(/C=C(/C#N)C(=O)NCCCc3ccccc3)cc2Br)c1. The standard InChI is InChI=1S/C27H24Br2N2O2/c1-19-7-5-10-21(13-19)18-33-26-24(28)15-22(16-25(26)29)14-23(17-30)27(32)31-12-6-11-20-8-3-2-4-9-20/h2-5,7-10,13-16H,6,11-12,18H2,1H3,(H,31,32)/b23-14-. The van der Waals surface area contributed by atoms with Gasteiger partial charge in [0, 0.05) is 6.54 Å². The van der Waals surface area contributed by atoms with Crippen molar-refractivity contribution >= 4 is 43.8 Å². The number of nitrogens with one attached hydrogen (secondary N) is 1. The van der Waals surface area contributed by atoms with E-state index >= 15 is 0 Å². The number of nitrogens with zero attached hydrogens (tertiary/aromatic N) is 1. The average Bonchev–Trinajstić information content (AvgIpc) is 2.80. The summed E-state index contributed by atoms with van der Waals surface area (Å²) in [6.07, 6.45) is 3.25. The molecule has 4 nitrogen and oxygen atoms in total. The summed E-state index contributed by atoms with van der Waals surface area (Å²) >= 11 is 7.08. The summed E-state index contributed by atoms with van der Waals surface area (Å²) in [6, 6.07) is 23.9. The quantitative estimate of drug-likeness (QED) is 0.177. The van der Waals surface area contributed by atoms with Gasteiger partial charge in [-0.15, -0.1) is 0 Å². The molecular formula is C27H24Br2N2O2. The molecular weight excluding hydrogens is 544 g/mol. The predicted octanol–water partition coefficient (Wildman–Crippen LogP) is 6.76. The molecule has 0 saturated carbocycles. The van der Waals surface area contributed by atoms with Crippen LogP contribution in [0.25, 0.3) is 6.08 Å². The molecule has 3 aromatic carbocycles. The minimum atomic E-state index is -0.377. The maximum Gasteiger partial charge on any atom is 0.261 e. The Hall–Kier alpha value is -2.88. The zero-order valence-electron chi connectivity index (χ0n) is 18.3. The summed E-state index contributed by atoms with van der Waals surface area (Å²) in [5.74, 6) is 0.287. The fourth-order valence-electron chi connectivity index (χ4n) is 3.31. The van der Waals surface area contributed by atoms with Crippen molar-refractivity contribution in [3.63, 3.8) is 0 Å². The molecule has 0 atom stereocenters. The van der Waals surface area contributed by atoms with E-state index in [1.807, 2.05) is 61.5 Å². The zero-order chi connectivity index (χ0) is 23.6. The molecule has 1 N–H and O–H groups in total. The largest absolute Gasteiger partial charge is 0.487 e. The summed E-state index contributed by atoms with van der Waals surface area (Å²) < 4.78 is 7.45. The van der Waals surface area contributed by atoms with Gasteiger partial charge < -0.3 is 10.1 Å². The summed E-state index contributed by atoms with van der Waals surface area (Å²) in [5.41, 5.74) is 4.25. The van der Waals surface area contributed by atoms with Gasteiger partial charge in [-0.2, -0.15) is 5.26 Å². The summed E-state index contributed by atoms with van der Waals surface area (Å²) in [4.78, 5) is 12.5. The van der Waals surface area contributed by atoms with Crippen molar-refractivity contribution in [2.45, 2.75) is 26.4 Å². The van der Waals surface area contributed by atoms with Crippen LogP contribution >= 0.6 is 31.9 Å². The number of nitriles is 1. The Labute approximate surface area is 211 Å². The van der Waals surface area contributed by atoms with E-state index in [-0.39, 0.29) is 11.5 Å². The van der Waals surface area contributed by atoms with Crippen molar-refractivity contribution in [2.75, 3.05) is 6.54 Å². The monoisotopic (exact) mass is 566 g/mol. The van der Waals surface area contributed by atoms with Gasteiger partial charge in [0.2, 0.25) is 0 Å². The smallest absolute Gasteiger partial charge is 0.261 e. The second kappa shape index (κ2) is 12.4. The highest BCUT2D eigenvalue weighted by molar-refractivity contribution is 9.11. The Morgan fingerprint density at radius 1 is 1.03 bits per heavy atom. The van der Waals surface area contributed by atoms with E-state index < -0.39 is 0 Å². The Morgan fingerprint density at radius 2 is 1.73 bits per heavy atom. The fourth-order valence-corrected chi connectivity index (χ4v) is 4.76. The summed E-state index contributed by atoms with van der Waals surface area (Å²) in [5, 5.41) is 12.3. The lowest BCUT2D eigenvalue weighted by Gasteiger charge is -2.12. The van der Waals surface area contributed by atoms with Crippen molar-refractivity contribution < 1.29 is 9.53 Å². The zero-order valence-corrected chi connectivity index (χ0v) is 21.4. The van der Waals surface area contributed by atoms with Crippen molar-refractivity contribution in [2.24, 2.45) is 0 Å². The summed E-state index contributed by atoms with van der Waals surface area (Å²) in [6.45, 7) is 2.98. The number of ether oxygens (including phenoxy) is 1. The van der Waals surface area contributed by atoms with Crippen molar-refractivity contribution in [3.05, 3.63) is 104 Å². The molecule has 0 aromatic heterocycles. The normalized spacial score (nSPS) is 11.0. The van der Waals surface area contributed by atoms with Crippen molar-refractivity contribution in [1.29, 1.82) is 5.26 Å². The molecule has 33 heavy (non-hydrogen) atoms. The molecule has 0 aliphatic carbocycles. The van der Waals surface area contributed by atoms with Crippen LogP contribution in [0.4, 0.5) is 0 Å². The second-order valence-corrected chi connectivity index (χ2v) is 9.31.